The summed E-state index contributed by atoms with van der Waals surface area (Å²) in [6, 6.07) is 22.3. The van der Waals surface area contributed by atoms with Gasteiger partial charge in [-0.15, -0.1) is 0 Å². The van der Waals surface area contributed by atoms with Crippen molar-refractivity contribution in [2.75, 3.05) is 26.2 Å². The first kappa shape index (κ1) is 21.1. The molecule has 5 heteroatoms. The highest BCUT2D eigenvalue weighted by Crippen LogP contribution is 2.16. The van der Waals surface area contributed by atoms with E-state index in [2.05, 4.69) is 41.1 Å². The van der Waals surface area contributed by atoms with Gasteiger partial charge in [0, 0.05) is 38.9 Å². The van der Waals surface area contributed by atoms with Gasteiger partial charge in [0.2, 0.25) is 5.91 Å². The molecular formula is C26H29N3O2. The van der Waals surface area contributed by atoms with E-state index >= 15 is 0 Å². The normalized spacial score (nSPS) is 14.4. The number of ether oxygens (including phenoxy) is 1. The molecule has 160 valence electrons. The van der Waals surface area contributed by atoms with Gasteiger partial charge < -0.3 is 9.64 Å². The highest BCUT2D eigenvalue weighted by Gasteiger charge is 2.21. The molecule has 2 heterocycles. The van der Waals surface area contributed by atoms with E-state index in [1.807, 2.05) is 47.4 Å². The summed E-state index contributed by atoms with van der Waals surface area (Å²) in [6.07, 6.45) is 2.26. The van der Waals surface area contributed by atoms with Gasteiger partial charge in [0.05, 0.1) is 12.1 Å². The van der Waals surface area contributed by atoms with Crippen LogP contribution < -0.4 is 4.74 Å². The number of carbonyl (C=O) groups is 1. The number of hydrogen-bond donors (Lipinski definition) is 0. The quantitative estimate of drug-likeness (QED) is 0.588. The molecular weight excluding hydrogens is 386 g/mol. The fraction of sp³-hybridized carbons (Fsp3) is 0.308. The van der Waals surface area contributed by atoms with Crippen LogP contribution in [0.5, 0.6) is 5.75 Å². The second kappa shape index (κ2) is 10.2. The van der Waals surface area contributed by atoms with E-state index in [0.29, 0.717) is 13.0 Å². The van der Waals surface area contributed by atoms with Gasteiger partial charge in [-0.2, -0.15) is 0 Å². The molecule has 0 saturated carbocycles. The number of aryl methyl sites for hydroxylation is 1. The minimum atomic E-state index is 0.220. The second-order valence-electron chi connectivity index (χ2n) is 8.07. The third-order valence-electron chi connectivity index (χ3n) is 5.64. The maximum Gasteiger partial charge on any atom is 0.227 e. The lowest BCUT2D eigenvalue weighted by molar-refractivity contribution is -0.132. The predicted molar refractivity (Wildman–Crippen MR) is 122 cm³/mol. The predicted octanol–water partition coefficient (Wildman–Crippen LogP) is 3.86. The molecule has 1 aromatic heterocycles. The molecule has 1 saturated heterocycles. The highest BCUT2D eigenvalue weighted by atomic mass is 16.5. The van der Waals surface area contributed by atoms with Crippen LogP contribution in [0.15, 0.2) is 72.9 Å². The third-order valence-corrected chi connectivity index (χ3v) is 5.64. The minimum absolute atomic E-state index is 0.220. The topological polar surface area (TPSA) is 45.7 Å². The van der Waals surface area contributed by atoms with Crippen molar-refractivity contribution < 1.29 is 9.53 Å². The molecule has 1 amide bonds. The number of nitrogens with zero attached hydrogens (tertiary/aromatic N) is 3. The van der Waals surface area contributed by atoms with Gasteiger partial charge in [-0.3, -0.25) is 14.7 Å². The summed E-state index contributed by atoms with van der Waals surface area (Å²) < 4.78 is 5.81. The standard InChI is InChI=1S/C26H29N3O2/c1-21-5-7-22(8-6-21)18-26(30)29-16-14-28(15-17-29)19-23-9-11-25(12-10-23)31-20-24-4-2-3-13-27-24/h2-13H,14-20H2,1H3. The molecule has 0 atom stereocenters. The summed E-state index contributed by atoms with van der Waals surface area (Å²) in [7, 11) is 0. The number of benzene rings is 2. The molecule has 1 aliphatic rings. The van der Waals surface area contributed by atoms with Crippen molar-refractivity contribution in [3.05, 3.63) is 95.3 Å². The van der Waals surface area contributed by atoms with Crippen molar-refractivity contribution in [3.8, 4) is 5.75 Å². The van der Waals surface area contributed by atoms with E-state index in [1.54, 1.807) is 6.20 Å². The molecule has 3 aromatic rings. The smallest absolute Gasteiger partial charge is 0.227 e. The first-order valence-corrected chi connectivity index (χ1v) is 10.8. The number of carbonyl (C=O) groups excluding carboxylic acids is 1. The van der Waals surface area contributed by atoms with Crippen LogP contribution in [0, 0.1) is 6.92 Å². The van der Waals surface area contributed by atoms with Crippen molar-refractivity contribution >= 4 is 5.91 Å². The monoisotopic (exact) mass is 415 g/mol. The van der Waals surface area contributed by atoms with Gasteiger partial charge in [-0.25, -0.2) is 0 Å². The zero-order valence-electron chi connectivity index (χ0n) is 18.0. The van der Waals surface area contributed by atoms with Crippen LogP contribution in [-0.4, -0.2) is 46.9 Å². The molecule has 2 aromatic carbocycles. The molecule has 1 aliphatic heterocycles. The van der Waals surface area contributed by atoms with Crippen molar-refractivity contribution in [2.24, 2.45) is 0 Å². The Morgan fingerprint density at radius 3 is 2.29 bits per heavy atom. The average Bonchev–Trinajstić information content (AvgIpc) is 2.81. The maximum absolute atomic E-state index is 12.6. The zero-order chi connectivity index (χ0) is 21.5. The molecule has 0 aliphatic carbocycles. The van der Waals surface area contributed by atoms with Gasteiger partial charge >= 0.3 is 0 Å². The molecule has 4 rings (SSSR count). The maximum atomic E-state index is 12.6. The number of rotatable bonds is 7. The lowest BCUT2D eigenvalue weighted by atomic mass is 10.1. The van der Waals surface area contributed by atoms with E-state index < -0.39 is 0 Å². The van der Waals surface area contributed by atoms with Crippen LogP contribution in [0.4, 0.5) is 0 Å². The molecule has 5 nitrogen and oxygen atoms in total. The Balaban J connectivity index is 1.21. The van der Waals surface area contributed by atoms with Crippen LogP contribution in [0.1, 0.15) is 22.4 Å². The molecule has 1 fully saturated rings. The average molecular weight is 416 g/mol. The summed E-state index contributed by atoms with van der Waals surface area (Å²) in [5, 5.41) is 0. The van der Waals surface area contributed by atoms with Crippen molar-refractivity contribution in [2.45, 2.75) is 26.5 Å². The Morgan fingerprint density at radius 1 is 0.903 bits per heavy atom. The number of amides is 1. The zero-order valence-corrected chi connectivity index (χ0v) is 18.0. The lowest BCUT2D eigenvalue weighted by Gasteiger charge is -2.35. The Morgan fingerprint density at radius 2 is 1.61 bits per heavy atom. The van der Waals surface area contributed by atoms with Crippen molar-refractivity contribution in [1.82, 2.24) is 14.8 Å². The molecule has 0 spiro atoms. The Hall–Kier alpha value is -3.18. The van der Waals surface area contributed by atoms with E-state index in [4.69, 9.17) is 4.74 Å². The van der Waals surface area contributed by atoms with E-state index in [0.717, 1.165) is 49.7 Å². The summed E-state index contributed by atoms with van der Waals surface area (Å²) in [5.41, 5.74) is 4.48. The third kappa shape index (κ3) is 6.15. The van der Waals surface area contributed by atoms with E-state index in [1.165, 1.54) is 11.1 Å². The number of piperazine rings is 1. The number of aromatic nitrogens is 1. The van der Waals surface area contributed by atoms with E-state index in [-0.39, 0.29) is 5.91 Å². The lowest BCUT2D eigenvalue weighted by Crippen LogP contribution is -2.48. The largest absolute Gasteiger partial charge is 0.487 e. The van der Waals surface area contributed by atoms with Crippen molar-refractivity contribution in [1.29, 1.82) is 0 Å². The van der Waals surface area contributed by atoms with Gasteiger partial charge in [-0.05, 0) is 42.3 Å². The van der Waals surface area contributed by atoms with Gasteiger partial charge in [0.25, 0.3) is 0 Å². The fourth-order valence-electron chi connectivity index (χ4n) is 3.74. The first-order valence-electron chi connectivity index (χ1n) is 10.8. The summed E-state index contributed by atoms with van der Waals surface area (Å²) in [5.74, 6) is 1.07. The van der Waals surface area contributed by atoms with Gasteiger partial charge in [0.1, 0.15) is 12.4 Å². The van der Waals surface area contributed by atoms with Gasteiger partial charge in [0.15, 0.2) is 0 Å². The fourth-order valence-corrected chi connectivity index (χ4v) is 3.74. The number of hydrogen-bond acceptors (Lipinski definition) is 4. The SMILES string of the molecule is Cc1ccc(CC(=O)N2CCN(Cc3ccc(OCc4ccccn4)cc3)CC2)cc1. The molecule has 0 bridgehead atoms. The summed E-state index contributed by atoms with van der Waals surface area (Å²) >= 11 is 0. The molecule has 0 unspecified atom stereocenters. The van der Waals surface area contributed by atoms with Gasteiger partial charge in [-0.1, -0.05) is 48.0 Å². The van der Waals surface area contributed by atoms with Crippen LogP contribution in [0.25, 0.3) is 0 Å². The molecule has 0 radical (unpaired) electrons. The van der Waals surface area contributed by atoms with Crippen LogP contribution in [-0.2, 0) is 24.4 Å². The Kier molecular flexibility index (Phi) is 6.95. The Labute approximate surface area is 184 Å². The molecule has 31 heavy (non-hydrogen) atoms. The van der Waals surface area contributed by atoms with Crippen LogP contribution in [0.2, 0.25) is 0 Å². The minimum Gasteiger partial charge on any atom is -0.487 e. The van der Waals surface area contributed by atoms with E-state index in [9.17, 15) is 4.79 Å². The molecule has 0 N–H and O–H groups in total. The van der Waals surface area contributed by atoms with Crippen LogP contribution >= 0.6 is 0 Å². The number of pyridine rings is 1. The highest BCUT2D eigenvalue weighted by molar-refractivity contribution is 5.78. The Bertz CT molecular complexity index is 964. The second-order valence-corrected chi connectivity index (χ2v) is 8.07. The first-order chi connectivity index (χ1) is 15.2. The summed E-state index contributed by atoms with van der Waals surface area (Å²) in [4.78, 5) is 21.3. The summed E-state index contributed by atoms with van der Waals surface area (Å²) in [6.45, 7) is 6.80. The van der Waals surface area contributed by atoms with Crippen LogP contribution in [0.3, 0.4) is 0 Å². The van der Waals surface area contributed by atoms with Crippen molar-refractivity contribution in [3.63, 3.8) is 0 Å².